The molecule has 2 unspecified atom stereocenters. The molecular weight excluding hydrogens is 280 g/mol. The molecule has 5 nitrogen and oxygen atoms in total. The third kappa shape index (κ3) is 2.83. The summed E-state index contributed by atoms with van der Waals surface area (Å²) in [5.41, 5.74) is 3.47. The molecule has 1 aliphatic carbocycles. The first-order chi connectivity index (χ1) is 10.5. The number of rotatable bonds is 4. The van der Waals surface area contributed by atoms with E-state index >= 15 is 0 Å². The van der Waals surface area contributed by atoms with Gasteiger partial charge in [-0.25, -0.2) is 4.79 Å². The summed E-state index contributed by atoms with van der Waals surface area (Å²) in [7, 11) is 0. The molecule has 2 aliphatic rings. The Morgan fingerprint density at radius 2 is 2.23 bits per heavy atom. The van der Waals surface area contributed by atoms with Crippen molar-refractivity contribution in [1.29, 1.82) is 0 Å². The quantitative estimate of drug-likeness (QED) is 0.790. The highest BCUT2D eigenvalue weighted by Crippen LogP contribution is 2.36. The molecule has 0 saturated carbocycles. The number of benzene rings is 1. The standard InChI is InChI=1S/C17H24N2O3/c1-11-3-4-13-6-12(2)15(14(13)5-11)19-16(21)18-7-17(8-20)9-22-10-17/h3-5,12,15,20H,6-10H2,1-2H3,(H2,18,19,21). The minimum absolute atomic E-state index is 0.0368. The second kappa shape index (κ2) is 5.89. The zero-order valence-electron chi connectivity index (χ0n) is 13.2. The molecule has 3 rings (SSSR count). The Kier molecular flexibility index (Phi) is 4.10. The molecule has 120 valence electrons. The number of aliphatic hydroxyl groups excluding tert-OH is 1. The number of carbonyl (C=O) groups excluding carboxylic acids is 1. The number of aliphatic hydroxyl groups is 1. The topological polar surface area (TPSA) is 70.6 Å². The van der Waals surface area contributed by atoms with Crippen LogP contribution in [0.2, 0.25) is 0 Å². The molecule has 5 heteroatoms. The highest BCUT2D eigenvalue weighted by atomic mass is 16.5. The molecule has 1 heterocycles. The number of hydrogen-bond donors (Lipinski definition) is 3. The molecule has 2 atom stereocenters. The van der Waals surface area contributed by atoms with Gasteiger partial charge < -0.3 is 20.5 Å². The maximum absolute atomic E-state index is 12.2. The minimum Gasteiger partial charge on any atom is -0.396 e. The molecule has 1 fully saturated rings. The molecule has 1 saturated heterocycles. The summed E-state index contributed by atoms with van der Waals surface area (Å²) in [6, 6.07) is 6.32. The van der Waals surface area contributed by atoms with Crippen LogP contribution in [0, 0.1) is 18.3 Å². The Morgan fingerprint density at radius 3 is 2.86 bits per heavy atom. The van der Waals surface area contributed by atoms with Crippen molar-refractivity contribution in [3.8, 4) is 0 Å². The molecule has 1 aliphatic heterocycles. The number of amides is 2. The van der Waals surface area contributed by atoms with Crippen LogP contribution in [-0.2, 0) is 11.2 Å². The largest absolute Gasteiger partial charge is 0.396 e. The zero-order valence-corrected chi connectivity index (χ0v) is 13.2. The van der Waals surface area contributed by atoms with Gasteiger partial charge in [-0.2, -0.15) is 0 Å². The second-order valence-electron chi connectivity index (χ2n) is 6.84. The lowest BCUT2D eigenvalue weighted by Gasteiger charge is -2.39. The lowest BCUT2D eigenvalue weighted by Crippen LogP contribution is -2.54. The highest BCUT2D eigenvalue weighted by Gasteiger charge is 2.38. The maximum Gasteiger partial charge on any atom is 0.315 e. The number of nitrogens with one attached hydrogen (secondary N) is 2. The lowest BCUT2D eigenvalue weighted by atomic mass is 9.87. The van der Waals surface area contributed by atoms with E-state index in [1.165, 1.54) is 16.7 Å². The first kappa shape index (κ1) is 15.3. The molecule has 3 N–H and O–H groups in total. The van der Waals surface area contributed by atoms with Gasteiger partial charge >= 0.3 is 6.03 Å². The summed E-state index contributed by atoms with van der Waals surface area (Å²) in [6.07, 6.45) is 0.995. The fourth-order valence-corrected chi connectivity index (χ4v) is 3.28. The maximum atomic E-state index is 12.2. The predicted octanol–water partition coefficient (Wildman–Crippen LogP) is 1.54. The monoisotopic (exact) mass is 304 g/mol. The summed E-state index contributed by atoms with van der Waals surface area (Å²) < 4.78 is 5.14. The molecule has 0 aromatic heterocycles. The molecule has 0 spiro atoms. The summed E-state index contributed by atoms with van der Waals surface area (Å²) in [4.78, 5) is 12.2. The Labute approximate surface area is 131 Å². The smallest absolute Gasteiger partial charge is 0.315 e. The van der Waals surface area contributed by atoms with Gasteiger partial charge in [0.1, 0.15) is 0 Å². The third-order valence-electron chi connectivity index (χ3n) is 4.81. The Hall–Kier alpha value is -1.59. The normalized spacial score (nSPS) is 25.2. The van der Waals surface area contributed by atoms with Crippen LogP contribution in [0.4, 0.5) is 4.79 Å². The van der Waals surface area contributed by atoms with Crippen molar-refractivity contribution in [1.82, 2.24) is 10.6 Å². The molecule has 1 aromatic carbocycles. The SMILES string of the molecule is Cc1ccc2c(c1)C(NC(=O)NCC1(CO)COC1)C(C)C2. The number of fused-ring (bicyclic) bond motifs is 1. The fraction of sp³-hybridized carbons (Fsp3) is 0.588. The Balaban J connectivity index is 1.61. The first-order valence-electron chi connectivity index (χ1n) is 7.85. The number of hydrogen-bond acceptors (Lipinski definition) is 3. The van der Waals surface area contributed by atoms with Crippen molar-refractivity contribution >= 4 is 6.03 Å². The third-order valence-corrected chi connectivity index (χ3v) is 4.81. The van der Waals surface area contributed by atoms with E-state index in [0.717, 1.165) is 6.42 Å². The summed E-state index contributed by atoms with van der Waals surface area (Å²) >= 11 is 0. The van der Waals surface area contributed by atoms with Gasteiger partial charge in [0.25, 0.3) is 0 Å². The number of carbonyl (C=O) groups is 1. The van der Waals surface area contributed by atoms with E-state index in [9.17, 15) is 9.90 Å². The van der Waals surface area contributed by atoms with Crippen LogP contribution in [0.15, 0.2) is 18.2 Å². The van der Waals surface area contributed by atoms with Gasteiger partial charge in [0, 0.05) is 6.54 Å². The molecule has 0 radical (unpaired) electrons. The van der Waals surface area contributed by atoms with Crippen LogP contribution in [0.1, 0.15) is 29.7 Å². The van der Waals surface area contributed by atoms with Gasteiger partial charge in [0.15, 0.2) is 0 Å². The van der Waals surface area contributed by atoms with Gasteiger partial charge in [-0.1, -0.05) is 30.7 Å². The Morgan fingerprint density at radius 1 is 1.45 bits per heavy atom. The van der Waals surface area contributed by atoms with E-state index in [1.54, 1.807) is 0 Å². The highest BCUT2D eigenvalue weighted by molar-refractivity contribution is 5.74. The van der Waals surface area contributed by atoms with E-state index in [2.05, 4.69) is 42.7 Å². The predicted molar refractivity (Wildman–Crippen MR) is 83.7 cm³/mol. The van der Waals surface area contributed by atoms with Crippen LogP contribution in [0.25, 0.3) is 0 Å². The van der Waals surface area contributed by atoms with Crippen LogP contribution >= 0.6 is 0 Å². The van der Waals surface area contributed by atoms with Crippen molar-refractivity contribution in [2.75, 3.05) is 26.4 Å². The molecule has 0 bridgehead atoms. The second-order valence-corrected chi connectivity index (χ2v) is 6.84. The van der Waals surface area contributed by atoms with Crippen molar-refractivity contribution in [3.05, 3.63) is 34.9 Å². The van der Waals surface area contributed by atoms with Gasteiger partial charge in [-0.3, -0.25) is 0 Å². The van der Waals surface area contributed by atoms with Crippen molar-refractivity contribution in [3.63, 3.8) is 0 Å². The zero-order chi connectivity index (χ0) is 15.7. The van der Waals surface area contributed by atoms with Gasteiger partial charge in [-0.15, -0.1) is 0 Å². The molecule has 2 amide bonds. The van der Waals surface area contributed by atoms with E-state index < -0.39 is 0 Å². The van der Waals surface area contributed by atoms with E-state index in [-0.39, 0.29) is 24.1 Å². The average Bonchev–Trinajstić information content (AvgIpc) is 2.74. The molecule has 22 heavy (non-hydrogen) atoms. The van der Waals surface area contributed by atoms with Gasteiger partial charge in [0.05, 0.1) is 31.3 Å². The van der Waals surface area contributed by atoms with Gasteiger partial charge in [0.2, 0.25) is 0 Å². The molecule has 1 aromatic rings. The number of aryl methyl sites for hydroxylation is 1. The van der Waals surface area contributed by atoms with E-state index in [1.807, 2.05) is 0 Å². The van der Waals surface area contributed by atoms with Crippen molar-refractivity contribution in [2.45, 2.75) is 26.3 Å². The average molecular weight is 304 g/mol. The number of ether oxygens (including phenoxy) is 1. The summed E-state index contributed by atoms with van der Waals surface area (Å²) in [6.45, 7) is 5.72. The van der Waals surface area contributed by atoms with Crippen LogP contribution in [0.5, 0.6) is 0 Å². The van der Waals surface area contributed by atoms with Gasteiger partial charge in [-0.05, 0) is 30.4 Å². The van der Waals surface area contributed by atoms with Crippen molar-refractivity contribution < 1.29 is 14.6 Å². The first-order valence-corrected chi connectivity index (χ1v) is 7.85. The fourth-order valence-electron chi connectivity index (χ4n) is 3.28. The van der Waals surface area contributed by atoms with Crippen LogP contribution in [-0.4, -0.2) is 37.5 Å². The Bertz CT molecular complexity index is 564. The number of urea groups is 1. The van der Waals surface area contributed by atoms with E-state index in [4.69, 9.17) is 4.74 Å². The van der Waals surface area contributed by atoms with Crippen LogP contribution < -0.4 is 10.6 Å². The minimum atomic E-state index is -0.298. The lowest BCUT2D eigenvalue weighted by molar-refractivity contribution is -0.132. The summed E-state index contributed by atoms with van der Waals surface area (Å²) in [5, 5.41) is 15.3. The summed E-state index contributed by atoms with van der Waals surface area (Å²) in [5.74, 6) is 0.390. The van der Waals surface area contributed by atoms with Crippen LogP contribution in [0.3, 0.4) is 0 Å². The van der Waals surface area contributed by atoms with E-state index in [0.29, 0.717) is 25.7 Å². The van der Waals surface area contributed by atoms with Crippen molar-refractivity contribution in [2.24, 2.45) is 11.3 Å². The molecular formula is C17H24N2O3.